The van der Waals surface area contributed by atoms with Crippen molar-refractivity contribution in [1.29, 1.82) is 5.26 Å². The summed E-state index contributed by atoms with van der Waals surface area (Å²) in [7, 11) is 0. The zero-order valence-corrected chi connectivity index (χ0v) is 10.9. The third-order valence-corrected chi connectivity index (χ3v) is 3.02. The van der Waals surface area contributed by atoms with Gasteiger partial charge in [0.1, 0.15) is 11.9 Å². The molecule has 4 heteroatoms. The van der Waals surface area contributed by atoms with Gasteiger partial charge >= 0.3 is 0 Å². The van der Waals surface area contributed by atoms with E-state index in [1.165, 1.54) is 0 Å². The fourth-order valence-corrected chi connectivity index (χ4v) is 2.01. The summed E-state index contributed by atoms with van der Waals surface area (Å²) >= 11 is 0. The second-order valence-electron chi connectivity index (χ2n) is 4.60. The minimum Gasteiger partial charge on any atom is -0.396 e. The van der Waals surface area contributed by atoms with E-state index < -0.39 is 0 Å². The summed E-state index contributed by atoms with van der Waals surface area (Å²) < 4.78 is 0. The summed E-state index contributed by atoms with van der Waals surface area (Å²) in [6.07, 6.45) is 1.58. The number of nitrogens with one attached hydrogen (secondary N) is 1. The minimum absolute atomic E-state index is 0.174. The summed E-state index contributed by atoms with van der Waals surface area (Å²) in [5, 5.41) is 22.2. The normalized spacial score (nSPS) is 12.1. The van der Waals surface area contributed by atoms with Crippen LogP contribution in [0.3, 0.4) is 0 Å². The third-order valence-electron chi connectivity index (χ3n) is 3.02. The molecule has 1 unspecified atom stereocenters. The van der Waals surface area contributed by atoms with Crippen molar-refractivity contribution < 1.29 is 5.11 Å². The van der Waals surface area contributed by atoms with Crippen molar-refractivity contribution in [2.75, 3.05) is 11.9 Å². The largest absolute Gasteiger partial charge is 0.396 e. The van der Waals surface area contributed by atoms with E-state index in [0.717, 1.165) is 23.7 Å². The van der Waals surface area contributed by atoms with Gasteiger partial charge in [-0.25, -0.2) is 4.98 Å². The molecule has 0 saturated heterocycles. The fourth-order valence-electron chi connectivity index (χ4n) is 2.01. The number of nitrogens with zero attached hydrogens (tertiary/aromatic N) is 2. The predicted molar refractivity (Wildman–Crippen MR) is 75.9 cm³/mol. The van der Waals surface area contributed by atoms with Crippen molar-refractivity contribution in [3.8, 4) is 6.07 Å². The van der Waals surface area contributed by atoms with Gasteiger partial charge in [0.25, 0.3) is 0 Å². The van der Waals surface area contributed by atoms with E-state index in [2.05, 4.69) is 16.4 Å². The minimum atomic E-state index is 0.174. The quantitative estimate of drug-likeness (QED) is 0.861. The van der Waals surface area contributed by atoms with Crippen LogP contribution in [0.15, 0.2) is 30.3 Å². The van der Waals surface area contributed by atoms with Crippen molar-refractivity contribution in [2.45, 2.75) is 25.8 Å². The van der Waals surface area contributed by atoms with Crippen LogP contribution in [-0.2, 0) is 0 Å². The first-order valence-electron chi connectivity index (χ1n) is 6.42. The molecule has 1 aromatic carbocycles. The molecule has 2 rings (SSSR count). The maximum Gasteiger partial charge on any atom is 0.144 e. The van der Waals surface area contributed by atoms with Crippen molar-refractivity contribution in [3.05, 3.63) is 35.9 Å². The number of fused-ring (bicyclic) bond motifs is 1. The van der Waals surface area contributed by atoms with Gasteiger partial charge in [0.05, 0.1) is 11.1 Å². The average Bonchev–Trinajstić information content (AvgIpc) is 2.44. The molecule has 0 bridgehead atoms. The third kappa shape index (κ3) is 3.21. The first-order valence-corrected chi connectivity index (χ1v) is 6.42. The summed E-state index contributed by atoms with van der Waals surface area (Å²) in [6, 6.07) is 11.9. The molecule has 0 aliphatic carbocycles. The second-order valence-corrected chi connectivity index (χ2v) is 4.60. The van der Waals surface area contributed by atoms with Gasteiger partial charge in [0.15, 0.2) is 0 Å². The Labute approximate surface area is 112 Å². The summed E-state index contributed by atoms with van der Waals surface area (Å²) in [5.41, 5.74) is 1.42. The van der Waals surface area contributed by atoms with E-state index in [4.69, 9.17) is 5.11 Å². The lowest BCUT2D eigenvalue weighted by atomic mass is 10.1. The Hall–Kier alpha value is -2.12. The lowest BCUT2D eigenvalue weighted by molar-refractivity contribution is 0.282. The van der Waals surface area contributed by atoms with E-state index in [1.54, 1.807) is 0 Å². The molecule has 4 nitrogen and oxygen atoms in total. The number of para-hydroxylation sites is 1. The monoisotopic (exact) mass is 255 g/mol. The Morgan fingerprint density at radius 2 is 2.21 bits per heavy atom. The zero-order valence-electron chi connectivity index (χ0n) is 10.9. The number of anilines is 1. The molecule has 0 saturated carbocycles. The van der Waals surface area contributed by atoms with Gasteiger partial charge in [-0.15, -0.1) is 0 Å². The van der Waals surface area contributed by atoms with Gasteiger partial charge in [-0.05, 0) is 31.9 Å². The molecule has 0 amide bonds. The number of hydrogen-bond acceptors (Lipinski definition) is 4. The maximum atomic E-state index is 9.20. The topological polar surface area (TPSA) is 68.9 Å². The van der Waals surface area contributed by atoms with Crippen LogP contribution in [0.4, 0.5) is 5.82 Å². The van der Waals surface area contributed by atoms with Crippen LogP contribution in [-0.4, -0.2) is 22.7 Å². The molecule has 0 aliphatic heterocycles. The number of aromatic nitrogens is 1. The predicted octanol–water partition coefficient (Wildman–Crippen LogP) is 2.68. The van der Waals surface area contributed by atoms with Gasteiger partial charge in [-0.3, -0.25) is 0 Å². The molecular weight excluding hydrogens is 238 g/mol. The molecule has 0 radical (unpaired) electrons. The number of rotatable bonds is 5. The summed E-state index contributed by atoms with van der Waals surface area (Å²) in [4.78, 5) is 4.50. The van der Waals surface area contributed by atoms with Gasteiger partial charge in [-0.2, -0.15) is 5.26 Å². The molecular formula is C15H17N3O. The number of nitriles is 1. The van der Waals surface area contributed by atoms with Gasteiger partial charge < -0.3 is 10.4 Å². The number of benzene rings is 1. The van der Waals surface area contributed by atoms with E-state index >= 15 is 0 Å². The molecule has 0 aliphatic rings. The maximum absolute atomic E-state index is 9.20. The molecule has 2 aromatic rings. The van der Waals surface area contributed by atoms with Crippen molar-refractivity contribution >= 4 is 16.7 Å². The average molecular weight is 255 g/mol. The fraction of sp³-hybridized carbons (Fsp3) is 0.333. The van der Waals surface area contributed by atoms with Crippen molar-refractivity contribution in [1.82, 2.24) is 4.98 Å². The first-order chi connectivity index (χ1) is 9.24. The van der Waals surface area contributed by atoms with E-state index in [0.29, 0.717) is 11.4 Å². The Balaban J connectivity index is 2.28. The smallest absolute Gasteiger partial charge is 0.144 e. The highest BCUT2D eigenvalue weighted by atomic mass is 16.2. The summed E-state index contributed by atoms with van der Waals surface area (Å²) in [5.74, 6) is 0.617. The van der Waals surface area contributed by atoms with Gasteiger partial charge in [0, 0.05) is 18.0 Å². The Bertz CT molecular complexity index is 604. The van der Waals surface area contributed by atoms with Crippen molar-refractivity contribution in [2.24, 2.45) is 0 Å². The van der Waals surface area contributed by atoms with Crippen LogP contribution in [0.1, 0.15) is 25.3 Å². The molecule has 2 N–H and O–H groups in total. The highest BCUT2D eigenvalue weighted by molar-refractivity contribution is 5.82. The molecule has 0 spiro atoms. The SMILES string of the molecule is CC(CCCO)Nc1nc2ccccc2cc1C#N. The highest BCUT2D eigenvalue weighted by Crippen LogP contribution is 2.20. The van der Waals surface area contributed by atoms with Gasteiger partial charge in [-0.1, -0.05) is 18.2 Å². The second kappa shape index (κ2) is 6.17. The van der Waals surface area contributed by atoms with Gasteiger partial charge in [0.2, 0.25) is 0 Å². The first kappa shape index (κ1) is 13.3. The number of aliphatic hydroxyl groups is 1. The Morgan fingerprint density at radius 3 is 2.95 bits per heavy atom. The Kier molecular flexibility index (Phi) is 4.32. The molecule has 1 atom stereocenters. The van der Waals surface area contributed by atoms with E-state index in [1.807, 2.05) is 37.3 Å². The molecule has 1 aromatic heterocycles. The van der Waals surface area contributed by atoms with Crippen LogP contribution in [0.5, 0.6) is 0 Å². The lowest BCUT2D eigenvalue weighted by Crippen LogP contribution is -2.17. The molecule has 1 heterocycles. The standard InChI is InChI=1S/C15H17N3O/c1-11(5-4-8-19)17-15-13(10-16)9-12-6-2-3-7-14(12)18-15/h2-3,6-7,9,11,19H,4-5,8H2,1H3,(H,17,18). The summed E-state index contributed by atoms with van der Waals surface area (Å²) in [6.45, 7) is 2.20. The van der Waals surface area contributed by atoms with Crippen LogP contribution < -0.4 is 5.32 Å². The Morgan fingerprint density at radius 1 is 1.42 bits per heavy atom. The number of pyridine rings is 1. The number of hydrogen-bond donors (Lipinski definition) is 2. The van der Waals surface area contributed by atoms with Crippen LogP contribution in [0.25, 0.3) is 10.9 Å². The van der Waals surface area contributed by atoms with Crippen LogP contribution >= 0.6 is 0 Å². The van der Waals surface area contributed by atoms with E-state index in [-0.39, 0.29) is 12.6 Å². The molecule has 98 valence electrons. The number of aliphatic hydroxyl groups excluding tert-OH is 1. The zero-order chi connectivity index (χ0) is 13.7. The van der Waals surface area contributed by atoms with Crippen molar-refractivity contribution in [3.63, 3.8) is 0 Å². The molecule has 19 heavy (non-hydrogen) atoms. The van der Waals surface area contributed by atoms with Crippen LogP contribution in [0.2, 0.25) is 0 Å². The highest BCUT2D eigenvalue weighted by Gasteiger charge is 2.09. The lowest BCUT2D eigenvalue weighted by Gasteiger charge is -2.15. The molecule has 0 fully saturated rings. The van der Waals surface area contributed by atoms with Crippen LogP contribution in [0, 0.1) is 11.3 Å². The van der Waals surface area contributed by atoms with E-state index in [9.17, 15) is 5.26 Å².